The lowest BCUT2D eigenvalue weighted by molar-refractivity contribution is -0.113. The third kappa shape index (κ3) is 1.75. The van der Waals surface area contributed by atoms with E-state index in [1.165, 1.54) is 0 Å². The van der Waals surface area contributed by atoms with Gasteiger partial charge in [0.1, 0.15) is 5.88 Å². The zero-order chi connectivity index (χ0) is 9.97. The highest BCUT2D eigenvalue weighted by atomic mass is 35.5. The second-order valence-corrected chi connectivity index (χ2v) is 3.63. The second-order valence-electron chi connectivity index (χ2n) is 3.37. The number of carbonyl (C=O) groups is 1. The summed E-state index contributed by atoms with van der Waals surface area (Å²) in [6, 6.07) is 0. The van der Waals surface area contributed by atoms with Crippen molar-refractivity contribution in [3.63, 3.8) is 0 Å². The number of alkyl halides is 1. The lowest BCUT2D eigenvalue weighted by atomic mass is 10.1. The third-order valence-electron chi connectivity index (χ3n) is 2.38. The van der Waals surface area contributed by atoms with Crippen LogP contribution in [0.4, 0.5) is 5.69 Å². The standard InChI is InChI=1S/C9H12ClN3O/c10-5-9(14)12-7-6-11-13-4-2-1-3-8(7)13/h6H,1-5H2,(H,12,14). The quantitative estimate of drug-likeness (QED) is 0.755. The Morgan fingerprint density at radius 1 is 1.64 bits per heavy atom. The second kappa shape index (κ2) is 4.00. The van der Waals surface area contributed by atoms with Gasteiger partial charge in [0.15, 0.2) is 0 Å². The number of aryl methyl sites for hydroxylation is 1. The van der Waals surface area contributed by atoms with Crippen LogP contribution in [-0.4, -0.2) is 21.6 Å². The molecule has 0 saturated heterocycles. The maximum absolute atomic E-state index is 11.1. The smallest absolute Gasteiger partial charge is 0.239 e. The highest BCUT2D eigenvalue weighted by Crippen LogP contribution is 2.21. The summed E-state index contributed by atoms with van der Waals surface area (Å²) in [4.78, 5) is 11.1. The van der Waals surface area contributed by atoms with E-state index in [1.54, 1.807) is 6.20 Å². The number of carbonyl (C=O) groups excluding carboxylic acids is 1. The molecule has 1 aromatic rings. The Morgan fingerprint density at radius 3 is 3.29 bits per heavy atom. The van der Waals surface area contributed by atoms with Crippen LogP contribution in [0.1, 0.15) is 18.5 Å². The first-order chi connectivity index (χ1) is 6.81. The summed E-state index contributed by atoms with van der Waals surface area (Å²) in [6.45, 7) is 0.950. The minimum atomic E-state index is -0.173. The zero-order valence-electron chi connectivity index (χ0n) is 7.79. The molecule has 0 spiro atoms. The Hall–Kier alpha value is -1.03. The molecule has 0 atom stereocenters. The molecule has 0 saturated carbocycles. The van der Waals surface area contributed by atoms with Gasteiger partial charge in [-0.2, -0.15) is 5.10 Å². The largest absolute Gasteiger partial charge is 0.322 e. The number of hydrogen-bond donors (Lipinski definition) is 1. The van der Waals surface area contributed by atoms with E-state index >= 15 is 0 Å². The fourth-order valence-electron chi connectivity index (χ4n) is 1.71. The molecule has 0 fully saturated rings. The molecule has 1 aliphatic rings. The predicted molar refractivity (Wildman–Crippen MR) is 54.5 cm³/mol. The Morgan fingerprint density at radius 2 is 2.50 bits per heavy atom. The molecule has 1 amide bonds. The van der Waals surface area contributed by atoms with Crippen LogP contribution >= 0.6 is 11.6 Å². The van der Waals surface area contributed by atoms with Crippen LogP contribution in [0.3, 0.4) is 0 Å². The fraction of sp³-hybridized carbons (Fsp3) is 0.556. The van der Waals surface area contributed by atoms with Gasteiger partial charge >= 0.3 is 0 Å². The van der Waals surface area contributed by atoms with Crippen LogP contribution < -0.4 is 5.32 Å². The van der Waals surface area contributed by atoms with Gasteiger partial charge in [-0.25, -0.2) is 0 Å². The van der Waals surface area contributed by atoms with Crippen LogP contribution in [-0.2, 0) is 17.8 Å². The zero-order valence-corrected chi connectivity index (χ0v) is 8.55. The Labute approximate surface area is 87.2 Å². The van der Waals surface area contributed by atoms with Crippen LogP contribution in [0.2, 0.25) is 0 Å². The van der Waals surface area contributed by atoms with Gasteiger partial charge < -0.3 is 5.32 Å². The van der Waals surface area contributed by atoms with E-state index in [0.29, 0.717) is 0 Å². The summed E-state index contributed by atoms with van der Waals surface area (Å²) in [5.41, 5.74) is 1.94. The topological polar surface area (TPSA) is 46.9 Å². The number of hydrogen-bond acceptors (Lipinski definition) is 2. The Bertz CT molecular complexity index is 348. The third-order valence-corrected chi connectivity index (χ3v) is 2.62. The molecule has 2 rings (SSSR count). The number of fused-ring (bicyclic) bond motifs is 1. The van der Waals surface area contributed by atoms with Gasteiger partial charge in [-0.05, 0) is 19.3 Å². The van der Waals surface area contributed by atoms with Crippen molar-refractivity contribution >= 4 is 23.2 Å². The molecular formula is C9H12ClN3O. The van der Waals surface area contributed by atoms with Crippen molar-refractivity contribution in [3.05, 3.63) is 11.9 Å². The Kier molecular flexibility index (Phi) is 2.72. The number of anilines is 1. The van der Waals surface area contributed by atoms with Gasteiger partial charge in [0.05, 0.1) is 17.6 Å². The molecule has 0 unspecified atom stereocenters. The van der Waals surface area contributed by atoms with E-state index in [-0.39, 0.29) is 11.8 Å². The summed E-state index contributed by atoms with van der Waals surface area (Å²) >= 11 is 5.41. The Balaban J connectivity index is 2.18. The van der Waals surface area contributed by atoms with Gasteiger partial charge in [0.25, 0.3) is 0 Å². The maximum atomic E-state index is 11.1. The van der Waals surface area contributed by atoms with Crippen molar-refractivity contribution in [3.8, 4) is 0 Å². The molecule has 1 N–H and O–H groups in total. The highest BCUT2D eigenvalue weighted by molar-refractivity contribution is 6.29. The summed E-state index contributed by atoms with van der Waals surface area (Å²) in [7, 11) is 0. The first kappa shape index (κ1) is 9.52. The molecule has 0 radical (unpaired) electrons. The summed E-state index contributed by atoms with van der Waals surface area (Å²) in [6.07, 6.45) is 5.01. The molecule has 0 aromatic carbocycles. The summed E-state index contributed by atoms with van der Waals surface area (Å²) < 4.78 is 1.95. The molecule has 0 aliphatic carbocycles. The van der Waals surface area contributed by atoms with Crippen molar-refractivity contribution in [1.82, 2.24) is 9.78 Å². The molecule has 0 bridgehead atoms. The molecule has 14 heavy (non-hydrogen) atoms. The molecule has 76 valence electrons. The van der Waals surface area contributed by atoms with Crippen LogP contribution in [0.15, 0.2) is 6.20 Å². The van der Waals surface area contributed by atoms with E-state index in [0.717, 1.165) is 37.2 Å². The van der Waals surface area contributed by atoms with Crippen molar-refractivity contribution in [2.75, 3.05) is 11.2 Å². The minimum Gasteiger partial charge on any atom is -0.322 e. The SMILES string of the molecule is O=C(CCl)Nc1cnn2c1CCCC2. The molecular weight excluding hydrogens is 202 g/mol. The fourth-order valence-corrected chi connectivity index (χ4v) is 1.78. The number of rotatable bonds is 2. The normalized spacial score (nSPS) is 14.9. The van der Waals surface area contributed by atoms with Crippen molar-refractivity contribution in [2.24, 2.45) is 0 Å². The first-order valence-electron chi connectivity index (χ1n) is 4.72. The minimum absolute atomic E-state index is 0.00931. The van der Waals surface area contributed by atoms with E-state index < -0.39 is 0 Å². The maximum Gasteiger partial charge on any atom is 0.239 e. The van der Waals surface area contributed by atoms with Gasteiger partial charge in [-0.3, -0.25) is 9.48 Å². The van der Waals surface area contributed by atoms with Gasteiger partial charge in [0, 0.05) is 6.54 Å². The number of nitrogens with zero attached hydrogens (tertiary/aromatic N) is 2. The average Bonchev–Trinajstić information content (AvgIpc) is 2.62. The molecule has 2 heterocycles. The predicted octanol–water partition coefficient (Wildman–Crippen LogP) is 1.40. The lowest BCUT2D eigenvalue weighted by Crippen LogP contribution is -2.16. The van der Waals surface area contributed by atoms with E-state index in [4.69, 9.17) is 11.6 Å². The lowest BCUT2D eigenvalue weighted by Gasteiger charge is -2.14. The van der Waals surface area contributed by atoms with E-state index in [9.17, 15) is 4.79 Å². The molecule has 1 aromatic heterocycles. The number of amides is 1. The van der Waals surface area contributed by atoms with Crippen LogP contribution in [0, 0.1) is 0 Å². The van der Waals surface area contributed by atoms with Gasteiger partial charge in [0.2, 0.25) is 5.91 Å². The van der Waals surface area contributed by atoms with Crippen molar-refractivity contribution < 1.29 is 4.79 Å². The monoisotopic (exact) mass is 213 g/mol. The molecule has 1 aliphatic heterocycles. The highest BCUT2D eigenvalue weighted by Gasteiger charge is 2.15. The van der Waals surface area contributed by atoms with E-state index in [1.807, 2.05) is 4.68 Å². The van der Waals surface area contributed by atoms with E-state index in [2.05, 4.69) is 10.4 Å². The molecule has 4 nitrogen and oxygen atoms in total. The summed E-state index contributed by atoms with van der Waals surface area (Å²) in [5, 5.41) is 6.95. The van der Waals surface area contributed by atoms with Crippen LogP contribution in [0.25, 0.3) is 0 Å². The average molecular weight is 214 g/mol. The van der Waals surface area contributed by atoms with Gasteiger partial charge in [-0.15, -0.1) is 11.6 Å². The van der Waals surface area contributed by atoms with Crippen molar-refractivity contribution in [2.45, 2.75) is 25.8 Å². The van der Waals surface area contributed by atoms with Crippen molar-refractivity contribution in [1.29, 1.82) is 0 Å². The van der Waals surface area contributed by atoms with Crippen LogP contribution in [0.5, 0.6) is 0 Å². The van der Waals surface area contributed by atoms with Gasteiger partial charge in [-0.1, -0.05) is 0 Å². The number of aromatic nitrogens is 2. The first-order valence-corrected chi connectivity index (χ1v) is 5.25. The summed E-state index contributed by atoms with van der Waals surface area (Å²) in [5.74, 6) is -0.182. The molecule has 5 heteroatoms. The number of halogens is 1. The number of nitrogens with one attached hydrogen (secondary N) is 1.